The van der Waals surface area contributed by atoms with Crippen LogP contribution in [0.15, 0.2) is 47.1 Å². The monoisotopic (exact) mass is 362 g/mol. The molecule has 0 aromatic carbocycles. The van der Waals surface area contributed by atoms with Crippen molar-refractivity contribution < 1.29 is 5.11 Å². The van der Waals surface area contributed by atoms with E-state index in [0.29, 0.717) is 5.54 Å². The summed E-state index contributed by atoms with van der Waals surface area (Å²) in [5, 5.41) is 9.04. The highest BCUT2D eigenvalue weighted by atomic mass is 28.3. The molecule has 0 bridgehead atoms. The highest BCUT2D eigenvalue weighted by molar-refractivity contribution is 6.78. The first-order valence-electron chi connectivity index (χ1n) is 9.81. The van der Waals surface area contributed by atoms with Gasteiger partial charge in [-0.05, 0) is 71.8 Å². The lowest BCUT2D eigenvalue weighted by atomic mass is 10.0. The average Bonchev–Trinajstić information content (AvgIpc) is 2.45. The van der Waals surface area contributed by atoms with Gasteiger partial charge in [-0.3, -0.25) is 0 Å². The fraction of sp³-hybridized carbons (Fsp3) is 0.652. The van der Waals surface area contributed by atoms with Gasteiger partial charge in [0, 0.05) is 0 Å². The van der Waals surface area contributed by atoms with Crippen molar-refractivity contribution in [1.82, 2.24) is 0 Å². The number of allylic oxidation sites excluding steroid dienone is 6. The highest BCUT2D eigenvalue weighted by Gasteiger charge is 2.28. The smallest absolute Gasteiger partial charge is 0.0614 e. The van der Waals surface area contributed by atoms with Crippen molar-refractivity contribution in [2.75, 3.05) is 6.61 Å². The SMILES string of the molecule is C=C(CC/C=C(\C)CCC=C(C)C)C(CC/C(C)=C/CO)[Si](C)(C)C. The summed E-state index contributed by atoms with van der Waals surface area (Å²) in [7, 11) is -1.27. The van der Waals surface area contributed by atoms with E-state index in [-0.39, 0.29) is 6.61 Å². The average molecular weight is 363 g/mol. The van der Waals surface area contributed by atoms with Gasteiger partial charge in [-0.2, -0.15) is 0 Å². The Morgan fingerprint density at radius 3 is 1.96 bits per heavy atom. The largest absolute Gasteiger partial charge is 0.392 e. The first kappa shape index (κ1) is 24.1. The Kier molecular flexibility index (Phi) is 12.1. The van der Waals surface area contributed by atoms with E-state index < -0.39 is 8.07 Å². The van der Waals surface area contributed by atoms with Gasteiger partial charge >= 0.3 is 0 Å². The molecule has 0 saturated carbocycles. The van der Waals surface area contributed by atoms with E-state index in [4.69, 9.17) is 5.11 Å². The van der Waals surface area contributed by atoms with Gasteiger partial charge in [-0.25, -0.2) is 0 Å². The Bertz CT molecular complexity index is 485. The molecule has 0 spiro atoms. The first-order valence-corrected chi connectivity index (χ1v) is 13.4. The van der Waals surface area contributed by atoms with Gasteiger partial charge in [-0.15, -0.1) is 0 Å². The van der Waals surface area contributed by atoms with Crippen LogP contribution in [0.4, 0.5) is 0 Å². The molecular formula is C23H42OSi. The minimum Gasteiger partial charge on any atom is -0.392 e. The third-order valence-electron chi connectivity index (χ3n) is 4.85. The summed E-state index contributed by atoms with van der Waals surface area (Å²) in [4.78, 5) is 0. The number of hydrogen-bond donors (Lipinski definition) is 1. The zero-order chi connectivity index (χ0) is 19.5. The number of rotatable bonds is 12. The number of aliphatic hydroxyl groups is 1. The quantitative estimate of drug-likeness (QED) is 0.282. The summed E-state index contributed by atoms with van der Waals surface area (Å²) >= 11 is 0. The predicted molar refractivity (Wildman–Crippen MR) is 118 cm³/mol. The molecule has 1 nitrogen and oxygen atoms in total. The van der Waals surface area contributed by atoms with Crippen LogP contribution >= 0.6 is 0 Å². The molecule has 0 rings (SSSR count). The van der Waals surface area contributed by atoms with Crippen LogP contribution in [0.5, 0.6) is 0 Å². The Hall–Kier alpha value is -0.863. The zero-order valence-electron chi connectivity index (χ0n) is 17.9. The van der Waals surface area contributed by atoms with E-state index in [1.54, 1.807) is 0 Å². The lowest BCUT2D eigenvalue weighted by molar-refractivity contribution is 0.341. The van der Waals surface area contributed by atoms with Crippen molar-refractivity contribution in [1.29, 1.82) is 0 Å². The Labute approximate surface area is 158 Å². The van der Waals surface area contributed by atoms with Crippen molar-refractivity contribution >= 4 is 8.07 Å². The molecule has 0 heterocycles. The van der Waals surface area contributed by atoms with Crippen LogP contribution in [0.2, 0.25) is 25.2 Å². The van der Waals surface area contributed by atoms with Crippen LogP contribution in [0.1, 0.15) is 66.2 Å². The normalized spacial score (nSPS) is 14.4. The summed E-state index contributed by atoms with van der Waals surface area (Å²) in [5.74, 6) is 0. The van der Waals surface area contributed by atoms with Crippen molar-refractivity contribution in [3.63, 3.8) is 0 Å². The van der Waals surface area contributed by atoms with Crippen LogP contribution in [-0.4, -0.2) is 19.8 Å². The van der Waals surface area contributed by atoms with Crippen LogP contribution in [0.25, 0.3) is 0 Å². The van der Waals surface area contributed by atoms with E-state index in [9.17, 15) is 0 Å². The first-order chi connectivity index (χ1) is 11.6. The fourth-order valence-electron chi connectivity index (χ4n) is 3.25. The van der Waals surface area contributed by atoms with Crippen molar-refractivity contribution in [2.24, 2.45) is 0 Å². The predicted octanol–water partition coefficient (Wildman–Crippen LogP) is 7.44. The molecule has 1 N–H and O–H groups in total. The topological polar surface area (TPSA) is 20.2 Å². The van der Waals surface area contributed by atoms with E-state index in [2.05, 4.69) is 66.1 Å². The summed E-state index contributed by atoms with van der Waals surface area (Å²) in [6.07, 6.45) is 13.5. The van der Waals surface area contributed by atoms with Crippen LogP contribution in [-0.2, 0) is 0 Å². The second-order valence-corrected chi connectivity index (χ2v) is 14.2. The molecule has 0 aliphatic heterocycles. The molecule has 0 saturated heterocycles. The van der Waals surface area contributed by atoms with Gasteiger partial charge in [0.1, 0.15) is 0 Å². The highest BCUT2D eigenvalue weighted by Crippen LogP contribution is 2.36. The second kappa shape index (κ2) is 12.5. The number of hydrogen-bond acceptors (Lipinski definition) is 1. The Morgan fingerprint density at radius 2 is 1.44 bits per heavy atom. The number of aliphatic hydroxyl groups excluding tert-OH is 1. The van der Waals surface area contributed by atoms with E-state index in [1.165, 1.54) is 35.1 Å². The molecule has 0 aliphatic rings. The molecule has 0 fully saturated rings. The molecule has 0 radical (unpaired) electrons. The van der Waals surface area contributed by atoms with Crippen molar-refractivity contribution in [3.05, 3.63) is 47.1 Å². The Balaban J connectivity index is 4.58. The molecule has 25 heavy (non-hydrogen) atoms. The van der Waals surface area contributed by atoms with Crippen LogP contribution < -0.4 is 0 Å². The summed E-state index contributed by atoms with van der Waals surface area (Å²) in [6, 6.07) is 0. The lowest BCUT2D eigenvalue weighted by Gasteiger charge is -2.31. The molecule has 0 aromatic heterocycles. The standard InChI is InChI=1S/C23H42OSi/c1-19(2)11-9-12-20(3)13-10-14-22(5)23(25(6,7)8)16-15-21(4)17-18-24/h11,13,17,23-24H,5,9-10,12,14-16,18H2,1-4,6-8H3/b20-13+,21-17+. The van der Waals surface area contributed by atoms with Gasteiger partial charge in [0.25, 0.3) is 0 Å². The maximum atomic E-state index is 9.04. The van der Waals surface area contributed by atoms with Gasteiger partial charge in [-0.1, -0.05) is 66.7 Å². The van der Waals surface area contributed by atoms with E-state index in [1.807, 2.05) is 6.08 Å². The van der Waals surface area contributed by atoms with Gasteiger partial charge in [0.15, 0.2) is 0 Å². The fourth-order valence-corrected chi connectivity index (χ4v) is 5.63. The summed E-state index contributed by atoms with van der Waals surface area (Å²) < 4.78 is 0. The summed E-state index contributed by atoms with van der Waals surface area (Å²) in [5.41, 5.74) is 6.30. The van der Waals surface area contributed by atoms with Gasteiger partial charge in [0.2, 0.25) is 0 Å². The van der Waals surface area contributed by atoms with Crippen LogP contribution in [0.3, 0.4) is 0 Å². The van der Waals surface area contributed by atoms with Crippen LogP contribution in [0, 0.1) is 0 Å². The minimum absolute atomic E-state index is 0.154. The maximum Gasteiger partial charge on any atom is 0.0614 e. The molecule has 0 amide bonds. The third kappa shape index (κ3) is 12.2. The molecule has 0 aliphatic carbocycles. The second-order valence-electron chi connectivity index (χ2n) is 8.76. The zero-order valence-corrected chi connectivity index (χ0v) is 18.9. The lowest BCUT2D eigenvalue weighted by Crippen LogP contribution is -2.29. The van der Waals surface area contributed by atoms with Gasteiger partial charge in [0.05, 0.1) is 14.7 Å². The van der Waals surface area contributed by atoms with E-state index >= 15 is 0 Å². The van der Waals surface area contributed by atoms with Crippen molar-refractivity contribution in [3.8, 4) is 0 Å². The molecular weight excluding hydrogens is 320 g/mol. The maximum absolute atomic E-state index is 9.04. The third-order valence-corrected chi connectivity index (χ3v) is 7.64. The molecule has 2 heteroatoms. The minimum atomic E-state index is -1.27. The summed E-state index contributed by atoms with van der Waals surface area (Å²) in [6.45, 7) is 20.7. The Morgan fingerprint density at radius 1 is 0.880 bits per heavy atom. The molecule has 1 atom stereocenters. The molecule has 0 aromatic rings. The molecule has 144 valence electrons. The molecule has 1 unspecified atom stereocenters. The van der Waals surface area contributed by atoms with Gasteiger partial charge < -0.3 is 5.11 Å². The van der Waals surface area contributed by atoms with Crippen molar-refractivity contribution in [2.45, 2.75) is 91.4 Å². The van der Waals surface area contributed by atoms with E-state index in [0.717, 1.165) is 25.7 Å².